The van der Waals surface area contributed by atoms with Crippen molar-refractivity contribution in [2.75, 3.05) is 33.0 Å². The molecule has 0 bridgehead atoms. The van der Waals surface area contributed by atoms with Crippen LogP contribution >= 0.6 is 0 Å². The van der Waals surface area contributed by atoms with Gasteiger partial charge in [0.15, 0.2) is 11.5 Å². The molecule has 5 rings (SSSR count). The lowest BCUT2D eigenvalue weighted by atomic mass is 9.99. The van der Waals surface area contributed by atoms with Crippen LogP contribution in [-0.2, 0) is 17.8 Å². The molecule has 0 N–H and O–H groups in total. The number of nitrogens with zero attached hydrogens (tertiary/aromatic N) is 3. The number of hydrogen-bond donors (Lipinski definition) is 0. The standard InChI is InChI=1S/C21H25N3O4/c1-14(11-23-7-2-3-8-23)21(25)24-9-6-17-16(12-24)20(22-28-17)15-4-5-18-19(10-15)27-13-26-18/h4-5,10,14H,2-3,6-9,11-13H2,1H3/t14-/m0/s1. The SMILES string of the molecule is C[C@@H](CN1CCCC1)C(=O)N1CCc2onc(-c3ccc4c(c3)OCO4)c2C1. The van der Waals surface area contributed by atoms with Crippen molar-refractivity contribution in [2.24, 2.45) is 5.92 Å². The second-order valence-corrected chi connectivity index (χ2v) is 7.92. The van der Waals surface area contributed by atoms with Gasteiger partial charge in [-0.05, 0) is 44.1 Å². The number of amides is 1. The van der Waals surface area contributed by atoms with E-state index in [2.05, 4.69) is 10.1 Å². The molecule has 3 aliphatic rings. The van der Waals surface area contributed by atoms with Crippen LogP contribution in [0.25, 0.3) is 11.3 Å². The summed E-state index contributed by atoms with van der Waals surface area (Å²) in [6.07, 6.45) is 3.19. The molecule has 0 aliphatic carbocycles. The fourth-order valence-electron chi connectivity index (χ4n) is 4.41. The molecule has 0 radical (unpaired) electrons. The summed E-state index contributed by atoms with van der Waals surface area (Å²) in [7, 11) is 0. The summed E-state index contributed by atoms with van der Waals surface area (Å²) >= 11 is 0. The van der Waals surface area contributed by atoms with Crippen LogP contribution in [0, 0.1) is 5.92 Å². The summed E-state index contributed by atoms with van der Waals surface area (Å²) in [5.74, 6) is 2.57. The van der Waals surface area contributed by atoms with Crippen LogP contribution < -0.4 is 9.47 Å². The molecule has 7 nitrogen and oxygen atoms in total. The van der Waals surface area contributed by atoms with Crippen LogP contribution in [0.2, 0.25) is 0 Å². The van der Waals surface area contributed by atoms with E-state index in [0.717, 1.165) is 53.7 Å². The second-order valence-electron chi connectivity index (χ2n) is 7.92. The van der Waals surface area contributed by atoms with Crippen molar-refractivity contribution in [3.8, 4) is 22.8 Å². The summed E-state index contributed by atoms with van der Waals surface area (Å²) < 4.78 is 16.5. The van der Waals surface area contributed by atoms with Gasteiger partial charge in [0.1, 0.15) is 11.5 Å². The quantitative estimate of drug-likeness (QED) is 0.809. The summed E-state index contributed by atoms with van der Waals surface area (Å²) in [5, 5.41) is 4.30. The number of aromatic nitrogens is 1. The molecule has 1 aromatic heterocycles. The van der Waals surface area contributed by atoms with Crippen molar-refractivity contribution in [1.82, 2.24) is 15.0 Å². The molecule has 28 heavy (non-hydrogen) atoms. The topological polar surface area (TPSA) is 68.0 Å². The molecule has 1 atom stereocenters. The Morgan fingerprint density at radius 2 is 2.00 bits per heavy atom. The predicted molar refractivity (Wildman–Crippen MR) is 102 cm³/mol. The first kappa shape index (κ1) is 17.6. The summed E-state index contributed by atoms with van der Waals surface area (Å²) in [4.78, 5) is 17.4. The Morgan fingerprint density at radius 3 is 2.86 bits per heavy atom. The minimum Gasteiger partial charge on any atom is -0.454 e. The monoisotopic (exact) mass is 383 g/mol. The molecule has 1 amide bonds. The number of benzene rings is 1. The first-order valence-electron chi connectivity index (χ1n) is 10.1. The van der Waals surface area contributed by atoms with Crippen molar-refractivity contribution < 1.29 is 18.8 Å². The van der Waals surface area contributed by atoms with Crippen LogP contribution in [0.3, 0.4) is 0 Å². The highest BCUT2D eigenvalue weighted by atomic mass is 16.7. The zero-order chi connectivity index (χ0) is 19.1. The van der Waals surface area contributed by atoms with E-state index in [-0.39, 0.29) is 18.6 Å². The predicted octanol–water partition coefficient (Wildman–Crippen LogP) is 2.69. The van der Waals surface area contributed by atoms with E-state index in [4.69, 9.17) is 14.0 Å². The van der Waals surface area contributed by atoms with E-state index in [9.17, 15) is 4.79 Å². The minimum absolute atomic E-state index is 0.00787. The molecule has 4 heterocycles. The highest BCUT2D eigenvalue weighted by Gasteiger charge is 2.31. The van der Waals surface area contributed by atoms with Gasteiger partial charge in [-0.15, -0.1) is 0 Å². The van der Waals surface area contributed by atoms with Gasteiger partial charge in [0.25, 0.3) is 0 Å². The Hall–Kier alpha value is -2.54. The van der Waals surface area contributed by atoms with Crippen molar-refractivity contribution in [3.63, 3.8) is 0 Å². The Labute approximate surface area is 164 Å². The number of fused-ring (bicyclic) bond motifs is 2. The van der Waals surface area contributed by atoms with E-state index in [0.29, 0.717) is 19.5 Å². The van der Waals surface area contributed by atoms with E-state index >= 15 is 0 Å². The molecule has 7 heteroatoms. The lowest BCUT2D eigenvalue weighted by Crippen LogP contribution is -2.42. The number of carbonyl (C=O) groups is 1. The maximum absolute atomic E-state index is 13.0. The lowest BCUT2D eigenvalue weighted by molar-refractivity contribution is -0.136. The van der Waals surface area contributed by atoms with Gasteiger partial charge in [0, 0.05) is 36.6 Å². The zero-order valence-corrected chi connectivity index (χ0v) is 16.1. The van der Waals surface area contributed by atoms with E-state index in [1.165, 1.54) is 12.8 Å². The van der Waals surface area contributed by atoms with Gasteiger partial charge in [-0.3, -0.25) is 4.79 Å². The zero-order valence-electron chi connectivity index (χ0n) is 16.1. The number of carbonyl (C=O) groups excluding carboxylic acids is 1. The lowest BCUT2D eigenvalue weighted by Gasteiger charge is -2.30. The smallest absolute Gasteiger partial charge is 0.231 e. The molecular formula is C21H25N3O4. The minimum atomic E-state index is 0.00787. The second kappa shape index (κ2) is 7.13. The highest BCUT2D eigenvalue weighted by Crippen LogP contribution is 2.38. The fourth-order valence-corrected chi connectivity index (χ4v) is 4.41. The molecule has 1 fully saturated rings. The molecule has 0 saturated carbocycles. The summed E-state index contributed by atoms with van der Waals surface area (Å²) in [5.41, 5.74) is 2.72. The molecular weight excluding hydrogens is 358 g/mol. The average Bonchev–Trinajstić information content (AvgIpc) is 3.46. The molecule has 148 valence electrons. The van der Waals surface area contributed by atoms with Crippen LogP contribution in [0.5, 0.6) is 11.5 Å². The molecule has 3 aliphatic heterocycles. The molecule has 1 aromatic carbocycles. The van der Waals surface area contributed by atoms with Gasteiger partial charge in [-0.25, -0.2) is 0 Å². The van der Waals surface area contributed by atoms with Crippen molar-refractivity contribution in [1.29, 1.82) is 0 Å². The van der Waals surface area contributed by atoms with E-state index in [1.807, 2.05) is 30.0 Å². The first-order valence-corrected chi connectivity index (χ1v) is 10.1. The van der Waals surface area contributed by atoms with Crippen molar-refractivity contribution >= 4 is 5.91 Å². The van der Waals surface area contributed by atoms with Crippen LogP contribution in [-0.4, -0.2) is 53.8 Å². The third-order valence-electron chi connectivity index (χ3n) is 5.94. The Balaban J connectivity index is 1.34. The third kappa shape index (κ3) is 3.13. The fraction of sp³-hybridized carbons (Fsp3) is 0.524. The maximum atomic E-state index is 13.0. The highest BCUT2D eigenvalue weighted by molar-refractivity contribution is 5.79. The Kier molecular flexibility index (Phi) is 4.47. The number of likely N-dealkylation sites (tertiary alicyclic amines) is 1. The maximum Gasteiger partial charge on any atom is 0.231 e. The third-order valence-corrected chi connectivity index (χ3v) is 5.94. The van der Waals surface area contributed by atoms with Gasteiger partial charge >= 0.3 is 0 Å². The molecule has 1 saturated heterocycles. The van der Waals surface area contributed by atoms with Gasteiger partial charge in [-0.1, -0.05) is 12.1 Å². The Bertz CT molecular complexity index is 888. The average molecular weight is 383 g/mol. The van der Waals surface area contributed by atoms with E-state index in [1.54, 1.807) is 0 Å². The normalized spacial score (nSPS) is 19.7. The number of ether oxygens (including phenoxy) is 2. The van der Waals surface area contributed by atoms with Crippen LogP contribution in [0.15, 0.2) is 22.7 Å². The molecule has 2 aromatic rings. The summed E-state index contributed by atoms with van der Waals surface area (Å²) in [6, 6.07) is 5.78. The first-order chi connectivity index (χ1) is 13.7. The number of rotatable bonds is 4. The van der Waals surface area contributed by atoms with Crippen LogP contribution in [0.4, 0.5) is 0 Å². The van der Waals surface area contributed by atoms with Crippen molar-refractivity contribution in [2.45, 2.75) is 32.7 Å². The van der Waals surface area contributed by atoms with Crippen molar-refractivity contribution in [3.05, 3.63) is 29.5 Å². The van der Waals surface area contributed by atoms with Crippen LogP contribution in [0.1, 0.15) is 31.1 Å². The Morgan fingerprint density at radius 1 is 1.18 bits per heavy atom. The van der Waals surface area contributed by atoms with Gasteiger partial charge in [0.2, 0.25) is 12.7 Å². The van der Waals surface area contributed by atoms with Gasteiger partial charge in [-0.2, -0.15) is 0 Å². The van der Waals surface area contributed by atoms with Gasteiger partial charge in [0.05, 0.1) is 6.54 Å². The summed E-state index contributed by atoms with van der Waals surface area (Å²) in [6.45, 7) is 6.59. The number of hydrogen-bond acceptors (Lipinski definition) is 6. The van der Waals surface area contributed by atoms with E-state index < -0.39 is 0 Å². The molecule has 0 spiro atoms. The molecule has 0 unspecified atom stereocenters. The van der Waals surface area contributed by atoms with Gasteiger partial charge < -0.3 is 23.8 Å². The largest absolute Gasteiger partial charge is 0.454 e.